The molecule has 1 aromatic rings. The maximum Gasteiger partial charge on any atom is 0.0700 e. The van der Waals surface area contributed by atoms with E-state index in [1.165, 1.54) is 9.75 Å². The van der Waals surface area contributed by atoms with Crippen LogP contribution in [0.5, 0.6) is 0 Å². The molecule has 1 saturated heterocycles. The van der Waals surface area contributed by atoms with Gasteiger partial charge in [-0.05, 0) is 44.9 Å². The summed E-state index contributed by atoms with van der Waals surface area (Å²) in [5, 5.41) is 9.20. The van der Waals surface area contributed by atoms with Crippen LogP contribution in [0.4, 0.5) is 0 Å². The van der Waals surface area contributed by atoms with Crippen LogP contribution < -0.4 is 0 Å². The number of nitrogens with zero attached hydrogens (tertiary/aromatic N) is 2. The Morgan fingerprint density at radius 3 is 2.88 bits per heavy atom. The number of hydrogen-bond acceptors (Lipinski definition) is 3. The fourth-order valence-corrected chi connectivity index (χ4v) is 3.49. The first-order valence-electron chi connectivity index (χ1n) is 6.36. The number of hydrogen-bond donors (Lipinski definition) is 0. The normalized spacial score (nSPS) is 25.7. The molecule has 2 heterocycles. The van der Waals surface area contributed by atoms with Crippen LogP contribution in [-0.2, 0) is 13.0 Å². The van der Waals surface area contributed by atoms with E-state index < -0.39 is 0 Å². The number of piperidine rings is 1. The van der Waals surface area contributed by atoms with Gasteiger partial charge >= 0.3 is 0 Å². The number of thiophene rings is 1. The van der Waals surface area contributed by atoms with Crippen LogP contribution in [0, 0.1) is 16.7 Å². The zero-order valence-corrected chi connectivity index (χ0v) is 11.5. The first-order valence-corrected chi connectivity index (χ1v) is 7.18. The van der Waals surface area contributed by atoms with E-state index in [9.17, 15) is 5.26 Å². The van der Waals surface area contributed by atoms with E-state index in [1.807, 2.05) is 11.3 Å². The zero-order valence-electron chi connectivity index (χ0n) is 10.7. The summed E-state index contributed by atoms with van der Waals surface area (Å²) in [6.07, 6.45) is 3.32. The Bertz CT molecular complexity index is 418. The molecule has 1 atom stereocenters. The predicted octanol–water partition coefficient (Wildman–Crippen LogP) is 3.44. The van der Waals surface area contributed by atoms with Gasteiger partial charge in [0, 0.05) is 22.8 Å². The van der Waals surface area contributed by atoms with Gasteiger partial charge in [0.25, 0.3) is 0 Å². The standard InChI is InChI=1S/C14H20N2S/c1-3-12-5-6-13(17-12)9-16-8-4-7-14(2,10-15)11-16/h5-6H,3-4,7-9,11H2,1-2H3. The van der Waals surface area contributed by atoms with Gasteiger partial charge < -0.3 is 0 Å². The third kappa shape index (κ3) is 3.08. The van der Waals surface area contributed by atoms with Crippen LogP contribution in [0.1, 0.15) is 36.4 Å². The maximum atomic E-state index is 9.20. The van der Waals surface area contributed by atoms with Crippen LogP contribution in [0.25, 0.3) is 0 Å². The third-order valence-electron chi connectivity index (χ3n) is 3.49. The van der Waals surface area contributed by atoms with Crippen molar-refractivity contribution in [3.05, 3.63) is 21.9 Å². The summed E-state index contributed by atoms with van der Waals surface area (Å²) in [6.45, 7) is 7.36. The lowest BCUT2D eigenvalue weighted by Gasteiger charge is -2.35. The maximum absolute atomic E-state index is 9.20. The molecule has 0 aliphatic carbocycles. The van der Waals surface area contributed by atoms with Gasteiger partial charge in [-0.3, -0.25) is 4.90 Å². The molecular formula is C14H20N2S. The molecule has 2 nitrogen and oxygen atoms in total. The molecule has 0 bridgehead atoms. The highest BCUT2D eigenvalue weighted by molar-refractivity contribution is 7.11. The van der Waals surface area contributed by atoms with Gasteiger partial charge in [-0.1, -0.05) is 6.92 Å². The van der Waals surface area contributed by atoms with Crippen molar-refractivity contribution in [2.24, 2.45) is 5.41 Å². The van der Waals surface area contributed by atoms with Crippen molar-refractivity contribution in [3.63, 3.8) is 0 Å². The topological polar surface area (TPSA) is 27.0 Å². The Morgan fingerprint density at radius 2 is 2.24 bits per heavy atom. The average Bonchev–Trinajstić information content (AvgIpc) is 2.77. The number of likely N-dealkylation sites (tertiary alicyclic amines) is 1. The highest BCUT2D eigenvalue weighted by atomic mass is 32.1. The molecule has 17 heavy (non-hydrogen) atoms. The quantitative estimate of drug-likeness (QED) is 0.819. The molecule has 0 N–H and O–H groups in total. The van der Waals surface area contributed by atoms with E-state index >= 15 is 0 Å². The van der Waals surface area contributed by atoms with Gasteiger partial charge in [0.05, 0.1) is 11.5 Å². The molecule has 1 aliphatic rings. The lowest BCUT2D eigenvalue weighted by atomic mass is 9.83. The number of aryl methyl sites for hydroxylation is 1. The van der Waals surface area contributed by atoms with Crippen molar-refractivity contribution in [2.75, 3.05) is 13.1 Å². The second-order valence-corrected chi connectivity index (χ2v) is 6.46. The van der Waals surface area contributed by atoms with Crippen LogP contribution >= 0.6 is 11.3 Å². The van der Waals surface area contributed by atoms with E-state index in [-0.39, 0.29) is 5.41 Å². The molecule has 0 amide bonds. The highest BCUT2D eigenvalue weighted by Gasteiger charge is 2.30. The molecule has 1 fully saturated rings. The summed E-state index contributed by atoms with van der Waals surface area (Å²) in [5.74, 6) is 0. The minimum absolute atomic E-state index is 0.136. The van der Waals surface area contributed by atoms with Gasteiger partial charge in [-0.25, -0.2) is 0 Å². The Kier molecular flexibility index (Phi) is 3.86. The van der Waals surface area contributed by atoms with Crippen molar-refractivity contribution in [3.8, 4) is 6.07 Å². The Morgan fingerprint density at radius 1 is 1.47 bits per heavy atom. The minimum Gasteiger partial charge on any atom is -0.297 e. The lowest BCUT2D eigenvalue weighted by molar-refractivity contribution is 0.138. The molecule has 0 radical (unpaired) electrons. The summed E-state index contributed by atoms with van der Waals surface area (Å²) in [6, 6.07) is 6.94. The fourth-order valence-electron chi connectivity index (χ4n) is 2.49. The van der Waals surface area contributed by atoms with Crippen molar-refractivity contribution < 1.29 is 0 Å². The minimum atomic E-state index is -0.136. The first kappa shape index (κ1) is 12.6. The van der Waals surface area contributed by atoms with E-state index in [1.54, 1.807) is 0 Å². The summed E-state index contributed by atoms with van der Waals surface area (Å²) in [4.78, 5) is 5.32. The second kappa shape index (κ2) is 5.20. The van der Waals surface area contributed by atoms with Crippen LogP contribution in [-0.4, -0.2) is 18.0 Å². The molecule has 0 spiro atoms. The first-order chi connectivity index (χ1) is 8.15. The smallest absolute Gasteiger partial charge is 0.0700 e. The van der Waals surface area contributed by atoms with Crippen molar-refractivity contribution in [2.45, 2.75) is 39.7 Å². The van der Waals surface area contributed by atoms with Crippen LogP contribution in [0.3, 0.4) is 0 Å². The number of nitriles is 1. The van der Waals surface area contributed by atoms with Gasteiger partial charge in [-0.15, -0.1) is 11.3 Å². The Balaban J connectivity index is 1.97. The van der Waals surface area contributed by atoms with E-state index in [0.717, 1.165) is 38.9 Å². The summed E-state index contributed by atoms with van der Waals surface area (Å²) < 4.78 is 0. The third-order valence-corrected chi connectivity index (χ3v) is 4.70. The van der Waals surface area contributed by atoms with Gasteiger partial charge in [0.15, 0.2) is 0 Å². The molecule has 2 rings (SSSR count). The Labute approximate surface area is 108 Å². The van der Waals surface area contributed by atoms with Crippen LogP contribution in [0.2, 0.25) is 0 Å². The average molecular weight is 248 g/mol. The van der Waals surface area contributed by atoms with Crippen molar-refractivity contribution in [1.82, 2.24) is 4.90 Å². The summed E-state index contributed by atoms with van der Waals surface area (Å²) in [5.41, 5.74) is -0.136. The van der Waals surface area contributed by atoms with Crippen LogP contribution in [0.15, 0.2) is 12.1 Å². The fraction of sp³-hybridized carbons (Fsp3) is 0.643. The Hall–Kier alpha value is -0.850. The van der Waals surface area contributed by atoms with Gasteiger partial charge in [0.1, 0.15) is 0 Å². The summed E-state index contributed by atoms with van der Waals surface area (Å²) in [7, 11) is 0. The number of rotatable bonds is 3. The van der Waals surface area contributed by atoms with Gasteiger partial charge in [0.2, 0.25) is 0 Å². The lowest BCUT2D eigenvalue weighted by Crippen LogP contribution is -2.40. The molecule has 0 aromatic carbocycles. The molecule has 1 unspecified atom stereocenters. The second-order valence-electron chi connectivity index (χ2n) is 5.21. The van der Waals surface area contributed by atoms with Gasteiger partial charge in [-0.2, -0.15) is 5.26 Å². The summed E-state index contributed by atoms with van der Waals surface area (Å²) >= 11 is 1.91. The molecule has 3 heteroatoms. The largest absolute Gasteiger partial charge is 0.297 e. The molecule has 1 aliphatic heterocycles. The predicted molar refractivity (Wildman–Crippen MR) is 71.9 cm³/mol. The van der Waals surface area contributed by atoms with E-state index in [4.69, 9.17) is 0 Å². The molecule has 1 aromatic heterocycles. The molecule has 0 saturated carbocycles. The highest BCUT2D eigenvalue weighted by Crippen LogP contribution is 2.30. The molecule has 92 valence electrons. The van der Waals surface area contributed by atoms with E-state index in [0.29, 0.717) is 0 Å². The van der Waals surface area contributed by atoms with E-state index in [2.05, 4.69) is 36.9 Å². The SMILES string of the molecule is CCc1ccc(CN2CCCC(C)(C#N)C2)s1. The zero-order chi connectivity index (χ0) is 12.3. The molecular weight excluding hydrogens is 228 g/mol. The van der Waals surface area contributed by atoms with Crippen molar-refractivity contribution >= 4 is 11.3 Å². The van der Waals surface area contributed by atoms with Crippen molar-refractivity contribution in [1.29, 1.82) is 5.26 Å². The monoisotopic (exact) mass is 248 g/mol.